The maximum atomic E-state index is 5.70. The lowest BCUT2D eigenvalue weighted by atomic mass is 9.82. The molecule has 0 amide bonds. The van der Waals surface area contributed by atoms with Crippen LogP contribution < -0.4 is 5.73 Å². The van der Waals surface area contributed by atoms with Gasteiger partial charge in [0.1, 0.15) is 0 Å². The largest absolute Gasteiger partial charge is 0.326 e. The van der Waals surface area contributed by atoms with Crippen molar-refractivity contribution in [3.63, 3.8) is 0 Å². The highest BCUT2D eigenvalue weighted by atomic mass is 14.5. The predicted octanol–water partition coefficient (Wildman–Crippen LogP) is 4.50. The fraction of sp³-hybridized carbons (Fsp3) is 0.333. The maximum Gasteiger partial charge on any atom is 0.0178 e. The number of nitrogens with two attached hydrogens (primary N) is 1. The molecule has 0 unspecified atom stereocenters. The molecule has 0 aliphatic rings. The highest BCUT2D eigenvalue weighted by Gasteiger charge is 2.17. The van der Waals surface area contributed by atoms with Crippen molar-refractivity contribution in [2.24, 2.45) is 5.73 Å². The molecule has 0 aliphatic heterocycles. The zero-order valence-corrected chi connectivity index (χ0v) is 12.1. The number of benzene rings is 2. The molecule has 1 heteroatoms. The van der Waals surface area contributed by atoms with Gasteiger partial charge >= 0.3 is 0 Å². The molecule has 2 N–H and O–H groups in total. The fourth-order valence-electron chi connectivity index (χ4n) is 2.20. The molecule has 2 aromatic rings. The van der Waals surface area contributed by atoms with Crippen molar-refractivity contribution < 1.29 is 0 Å². The molecule has 2 rings (SSSR count). The summed E-state index contributed by atoms with van der Waals surface area (Å²) in [6.45, 7) is 7.40. The molecule has 100 valence electrons. The van der Waals surface area contributed by atoms with Crippen LogP contribution in [0.1, 0.15) is 38.3 Å². The smallest absolute Gasteiger partial charge is 0.0178 e. The third-order valence-corrected chi connectivity index (χ3v) is 4.05. The number of rotatable bonds is 4. The second kappa shape index (κ2) is 5.58. The average molecular weight is 253 g/mol. The van der Waals surface area contributed by atoms with E-state index in [1.807, 2.05) is 0 Å². The van der Waals surface area contributed by atoms with Gasteiger partial charge in [0.05, 0.1) is 0 Å². The minimum absolute atomic E-state index is 0.248. The SMILES string of the molecule is CCC(C)(C)c1ccc(-c2cccc(CN)c2)cc1. The molecular weight excluding hydrogens is 230 g/mol. The van der Waals surface area contributed by atoms with Gasteiger partial charge in [0.2, 0.25) is 0 Å². The third kappa shape index (κ3) is 3.05. The van der Waals surface area contributed by atoms with E-state index in [1.54, 1.807) is 0 Å². The van der Waals surface area contributed by atoms with E-state index in [0.29, 0.717) is 6.54 Å². The standard InChI is InChI=1S/C18H23N/c1-4-18(2,3)17-10-8-15(9-11-17)16-7-5-6-14(12-16)13-19/h5-12H,4,13,19H2,1-3H3. The molecule has 0 saturated heterocycles. The van der Waals surface area contributed by atoms with Crippen LogP contribution in [0.2, 0.25) is 0 Å². The molecule has 0 aliphatic carbocycles. The first-order valence-corrected chi connectivity index (χ1v) is 6.97. The summed E-state index contributed by atoms with van der Waals surface area (Å²) in [6, 6.07) is 17.4. The first-order chi connectivity index (χ1) is 9.06. The quantitative estimate of drug-likeness (QED) is 0.853. The molecule has 1 nitrogen and oxygen atoms in total. The molecule has 0 bridgehead atoms. The van der Waals surface area contributed by atoms with E-state index in [1.165, 1.54) is 22.3 Å². The summed E-state index contributed by atoms with van der Waals surface area (Å²) in [4.78, 5) is 0. The van der Waals surface area contributed by atoms with Crippen molar-refractivity contribution >= 4 is 0 Å². The van der Waals surface area contributed by atoms with E-state index in [0.717, 1.165) is 6.42 Å². The lowest BCUT2D eigenvalue weighted by Gasteiger charge is -2.23. The second-order valence-electron chi connectivity index (χ2n) is 5.72. The number of hydrogen-bond acceptors (Lipinski definition) is 1. The Bertz CT molecular complexity index is 538. The normalized spacial score (nSPS) is 11.6. The van der Waals surface area contributed by atoms with E-state index in [9.17, 15) is 0 Å². The van der Waals surface area contributed by atoms with Gasteiger partial charge in [-0.2, -0.15) is 0 Å². The van der Waals surface area contributed by atoms with Crippen LogP contribution in [0, 0.1) is 0 Å². The lowest BCUT2D eigenvalue weighted by molar-refractivity contribution is 0.506. The van der Waals surface area contributed by atoms with Crippen LogP contribution in [0.3, 0.4) is 0 Å². The molecule has 0 aromatic heterocycles. The second-order valence-corrected chi connectivity index (χ2v) is 5.72. The minimum Gasteiger partial charge on any atom is -0.326 e. The van der Waals surface area contributed by atoms with Crippen molar-refractivity contribution in [2.45, 2.75) is 39.2 Å². The van der Waals surface area contributed by atoms with Crippen molar-refractivity contribution in [3.05, 3.63) is 59.7 Å². The van der Waals surface area contributed by atoms with Gasteiger partial charge in [0.15, 0.2) is 0 Å². The Morgan fingerprint density at radius 2 is 1.63 bits per heavy atom. The number of hydrogen-bond donors (Lipinski definition) is 1. The summed E-state index contributed by atoms with van der Waals surface area (Å²) >= 11 is 0. The van der Waals surface area contributed by atoms with Gasteiger partial charge in [-0.3, -0.25) is 0 Å². The van der Waals surface area contributed by atoms with E-state index >= 15 is 0 Å². The van der Waals surface area contributed by atoms with Crippen molar-refractivity contribution in [1.82, 2.24) is 0 Å². The average Bonchev–Trinajstić information content (AvgIpc) is 2.47. The van der Waals surface area contributed by atoms with Gasteiger partial charge in [-0.25, -0.2) is 0 Å². The molecule has 0 saturated carbocycles. The molecule has 0 fully saturated rings. The summed E-state index contributed by atoms with van der Waals surface area (Å²) in [5.74, 6) is 0. The Balaban J connectivity index is 2.32. The molecule has 0 radical (unpaired) electrons. The third-order valence-electron chi connectivity index (χ3n) is 4.05. The lowest BCUT2D eigenvalue weighted by Crippen LogP contribution is -2.14. The van der Waals surface area contributed by atoms with Crippen molar-refractivity contribution in [1.29, 1.82) is 0 Å². The van der Waals surface area contributed by atoms with Crippen molar-refractivity contribution in [2.75, 3.05) is 0 Å². The summed E-state index contributed by atoms with van der Waals surface area (Å²) in [7, 11) is 0. The van der Waals surface area contributed by atoms with Gasteiger partial charge in [-0.1, -0.05) is 63.2 Å². The molecular formula is C18H23N. The minimum atomic E-state index is 0.248. The van der Waals surface area contributed by atoms with Gasteiger partial charge in [0.25, 0.3) is 0 Å². The molecule has 0 atom stereocenters. The Hall–Kier alpha value is -1.60. The predicted molar refractivity (Wildman–Crippen MR) is 83.1 cm³/mol. The Morgan fingerprint density at radius 3 is 2.21 bits per heavy atom. The van der Waals surface area contributed by atoms with Crippen LogP contribution in [0.4, 0.5) is 0 Å². The Kier molecular flexibility index (Phi) is 4.06. The first kappa shape index (κ1) is 13.8. The highest BCUT2D eigenvalue weighted by Crippen LogP contribution is 2.29. The van der Waals surface area contributed by atoms with Gasteiger partial charge < -0.3 is 5.73 Å². The van der Waals surface area contributed by atoms with Gasteiger partial charge in [-0.05, 0) is 40.2 Å². The molecule has 19 heavy (non-hydrogen) atoms. The van der Waals surface area contributed by atoms with Gasteiger partial charge in [-0.15, -0.1) is 0 Å². The van der Waals surface area contributed by atoms with E-state index in [4.69, 9.17) is 5.73 Å². The monoisotopic (exact) mass is 253 g/mol. The zero-order chi connectivity index (χ0) is 13.9. The fourth-order valence-corrected chi connectivity index (χ4v) is 2.20. The zero-order valence-electron chi connectivity index (χ0n) is 12.1. The van der Waals surface area contributed by atoms with Gasteiger partial charge in [0, 0.05) is 6.54 Å². The highest BCUT2D eigenvalue weighted by molar-refractivity contribution is 5.64. The van der Waals surface area contributed by atoms with Crippen LogP contribution in [0.15, 0.2) is 48.5 Å². The van der Waals surface area contributed by atoms with Crippen LogP contribution in [-0.2, 0) is 12.0 Å². The maximum absolute atomic E-state index is 5.70. The van der Waals surface area contributed by atoms with Crippen LogP contribution in [-0.4, -0.2) is 0 Å². The molecule has 0 spiro atoms. The Labute approximate surface area is 116 Å². The van der Waals surface area contributed by atoms with Crippen LogP contribution in [0.25, 0.3) is 11.1 Å². The summed E-state index contributed by atoms with van der Waals surface area (Å²) in [5, 5.41) is 0. The van der Waals surface area contributed by atoms with Crippen LogP contribution in [0.5, 0.6) is 0 Å². The van der Waals surface area contributed by atoms with E-state index < -0.39 is 0 Å². The Morgan fingerprint density at radius 1 is 0.947 bits per heavy atom. The van der Waals surface area contributed by atoms with E-state index in [2.05, 4.69) is 69.3 Å². The molecule has 0 heterocycles. The first-order valence-electron chi connectivity index (χ1n) is 6.97. The summed E-state index contributed by atoms with van der Waals surface area (Å²) < 4.78 is 0. The van der Waals surface area contributed by atoms with E-state index in [-0.39, 0.29) is 5.41 Å². The summed E-state index contributed by atoms with van der Waals surface area (Å²) in [6.07, 6.45) is 1.15. The summed E-state index contributed by atoms with van der Waals surface area (Å²) in [5.41, 5.74) is 11.0. The van der Waals surface area contributed by atoms with Crippen LogP contribution >= 0.6 is 0 Å². The van der Waals surface area contributed by atoms with Crippen molar-refractivity contribution in [3.8, 4) is 11.1 Å². The molecule has 2 aromatic carbocycles. The topological polar surface area (TPSA) is 26.0 Å².